The van der Waals surface area contributed by atoms with Crippen LogP contribution in [0.4, 0.5) is 4.39 Å². The number of benzene rings is 2. The van der Waals surface area contributed by atoms with Crippen LogP contribution in [0.1, 0.15) is 11.1 Å². The minimum absolute atomic E-state index is 0.115. The fourth-order valence-electron chi connectivity index (χ4n) is 2.81. The monoisotopic (exact) mass is 311 g/mol. The van der Waals surface area contributed by atoms with Crippen LogP contribution in [0.25, 0.3) is 0 Å². The number of rotatable bonds is 4. The van der Waals surface area contributed by atoms with Gasteiger partial charge in [0.2, 0.25) is 5.91 Å². The highest BCUT2D eigenvalue weighted by Crippen LogP contribution is 2.23. The van der Waals surface area contributed by atoms with E-state index in [0.717, 1.165) is 11.1 Å². The smallest absolute Gasteiger partial charge is 0.250 e. The summed E-state index contributed by atoms with van der Waals surface area (Å²) in [5.41, 5.74) is 1.99. The number of halogens is 1. The van der Waals surface area contributed by atoms with Gasteiger partial charge in [-0.1, -0.05) is 42.5 Å². The van der Waals surface area contributed by atoms with E-state index in [9.17, 15) is 14.3 Å². The second kappa shape index (κ2) is 6.65. The molecule has 0 aromatic heterocycles. The Bertz CT molecular complexity index is 710. The van der Waals surface area contributed by atoms with Gasteiger partial charge in [0.15, 0.2) is 0 Å². The molecule has 2 aromatic carbocycles. The highest BCUT2D eigenvalue weighted by molar-refractivity contribution is 5.89. The van der Waals surface area contributed by atoms with Crippen LogP contribution in [0.15, 0.2) is 66.4 Å². The fourth-order valence-corrected chi connectivity index (χ4v) is 2.81. The molecule has 0 saturated heterocycles. The first-order chi connectivity index (χ1) is 11.1. The van der Waals surface area contributed by atoms with Crippen LogP contribution < -0.4 is 0 Å². The van der Waals surface area contributed by atoms with Crippen molar-refractivity contribution in [2.45, 2.75) is 13.0 Å². The van der Waals surface area contributed by atoms with E-state index in [0.29, 0.717) is 19.5 Å². The molecule has 1 unspecified atom stereocenters. The first-order valence-electron chi connectivity index (χ1n) is 7.59. The molecule has 0 aliphatic carbocycles. The van der Waals surface area contributed by atoms with Crippen molar-refractivity contribution >= 4 is 5.91 Å². The zero-order chi connectivity index (χ0) is 16.2. The maximum absolute atomic E-state index is 13.0. The van der Waals surface area contributed by atoms with Crippen molar-refractivity contribution in [3.05, 3.63) is 83.4 Å². The van der Waals surface area contributed by atoms with Crippen molar-refractivity contribution in [3.8, 4) is 0 Å². The Kier molecular flexibility index (Phi) is 4.42. The van der Waals surface area contributed by atoms with Gasteiger partial charge >= 0.3 is 0 Å². The minimum atomic E-state index is -0.293. The summed E-state index contributed by atoms with van der Waals surface area (Å²) in [6, 6.07) is 16.0. The summed E-state index contributed by atoms with van der Waals surface area (Å²) < 4.78 is 13.0. The Balaban J connectivity index is 1.72. The Labute approximate surface area is 134 Å². The molecule has 1 amide bonds. The zero-order valence-electron chi connectivity index (χ0n) is 12.7. The molecular formula is C19H18FNO2. The normalized spacial score (nSPS) is 18.0. The Hall–Kier alpha value is -2.62. The Morgan fingerprint density at radius 1 is 1.04 bits per heavy atom. The van der Waals surface area contributed by atoms with E-state index in [4.69, 9.17) is 0 Å². The number of hydrogen-bond acceptors (Lipinski definition) is 2. The van der Waals surface area contributed by atoms with Crippen molar-refractivity contribution < 1.29 is 14.3 Å². The zero-order valence-corrected chi connectivity index (χ0v) is 12.7. The van der Waals surface area contributed by atoms with Crippen molar-refractivity contribution in [1.82, 2.24) is 4.90 Å². The van der Waals surface area contributed by atoms with Gasteiger partial charge < -0.3 is 10.0 Å². The maximum Gasteiger partial charge on any atom is 0.250 e. The van der Waals surface area contributed by atoms with E-state index < -0.39 is 0 Å². The molecule has 23 heavy (non-hydrogen) atoms. The number of amides is 1. The van der Waals surface area contributed by atoms with E-state index in [1.807, 2.05) is 30.3 Å². The predicted octanol–water partition coefficient (Wildman–Crippen LogP) is 3.47. The van der Waals surface area contributed by atoms with Gasteiger partial charge in [0.05, 0.1) is 0 Å². The third-order valence-corrected chi connectivity index (χ3v) is 4.05. The lowest BCUT2D eigenvalue weighted by molar-refractivity contribution is -0.128. The van der Waals surface area contributed by atoms with E-state index >= 15 is 0 Å². The fraction of sp³-hybridized carbons (Fsp3) is 0.211. The van der Waals surface area contributed by atoms with Gasteiger partial charge in [-0.15, -0.1) is 0 Å². The third-order valence-electron chi connectivity index (χ3n) is 4.05. The molecule has 1 atom stereocenters. The highest BCUT2D eigenvalue weighted by Gasteiger charge is 2.27. The topological polar surface area (TPSA) is 40.5 Å². The molecule has 4 heteroatoms. The van der Waals surface area contributed by atoms with Crippen molar-refractivity contribution in [3.63, 3.8) is 0 Å². The van der Waals surface area contributed by atoms with Crippen LogP contribution in [-0.2, 0) is 17.8 Å². The molecule has 3 rings (SSSR count). The van der Waals surface area contributed by atoms with E-state index in [1.165, 1.54) is 18.2 Å². The van der Waals surface area contributed by atoms with Crippen LogP contribution in [0.2, 0.25) is 0 Å². The summed E-state index contributed by atoms with van der Waals surface area (Å²) in [4.78, 5) is 13.8. The highest BCUT2D eigenvalue weighted by atomic mass is 19.1. The largest absolute Gasteiger partial charge is 0.512 e. The van der Waals surface area contributed by atoms with Gasteiger partial charge in [0, 0.05) is 25.1 Å². The second-order valence-electron chi connectivity index (χ2n) is 5.80. The van der Waals surface area contributed by atoms with Gasteiger partial charge in [-0.3, -0.25) is 4.79 Å². The first kappa shape index (κ1) is 15.3. The summed E-state index contributed by atoms with van der Waals surface area (Å²) in [5, 5.41) is 10.1. The van der Waals surface area contributed by atoms with Gasteiger partial charge in [0.1, 0.15) is 11.6 Å². The van der Waals surface area contributed by atoms with Crippen molar-refractivity contribution in [1.29, 1.82) is 0 Å². The SMILES string of the molecule is O=C1C=C(O)C(Cc2ccccc2)CN1Cc1ccc(F)cc1. The number of aliphatic hydroxyl groups excluding tert-OH is 1. The molecule has 1 N–H and O–H groups in total. The van der Waals surface area contributed by atoms with Crippen LogP contribution >= 0.6 is 0 Å². The standard InChI is InChI=1S/C19H18FNO2/c20-17-8-6-15(7-9-17)12-21-13-16(18(22)11-19(21)23)10-14-4-2-1-3-5-14/h1-9,11,16,22H,10,12-13H2. The number of carbonyl (C=O) groups excluding carboxylic acids is 1. The van der Waals surface area contributed by atoms with Gasteiger partial charge in [-0.2, -0.15) is 0 Å². The maximum atomic E-state index is 13.0. The van der Waals surface area contributed by atoms with Crippen LogP contribution in [0.5, 0.6) is 0 Å². The average molecular weight is 311 g/mol. The summed E-state index contributed by atoms with van der Waals surface area (Å²) >= 11 is 0. The molecule has 3 nitrogen and oxygen atoms in total. The predicted molar refractivity (Wildman–Crippen MR) is 86.2 cm³/mol. The molecule has 0 bridgehead atoms. The van der Waals surface area contributed by atoms with Crippen molar-refractivity contribution in [2.24, 2.45) is 5.92 Å². The molecule has 0 radical (unpaired) electrons. The lowest BCUT2D eigenvalue weighted by Gasteiger charge is -2.30. The minimum Gasteiger partial charge on any atom is -0.512 e. The Morgan fingerprint density at radius 3 is 2.43 bits per heavy atom. The number of hydrogen-bond donors (Lipinski definition) is 1. The van der Waals surface area contributed by atoms with Crippen LogP contribution in [-0.4, -0.2) is 22.5 Å². The van der Waals surface area contributed by atoms with Crippen molar-refractivity contribution in [2.75, 3.05) is 6.54 Å². The summed E-state index contributed by atoms with van der Waals surface area (Å²) in [5.74, 6) is -0.487. The lowest BCUT2D eigenvalue weighted by Crippen LogP contribution is -2.39. The van der Waals surface area contributed by atoms with Gasteiger partial charge in [-0.25, -0.2) is 4.39 Å². The van der Waals surface area contributed by atoms with E-state index in [1.54, 1.807) is 17.0 Å². The lowest BCUT2D eigenvalue weighted by atomic mass is 9.94. The molecule has 0 fully saturated rings. The third kappa shape index (κ3) is 3.77. The molecule has 1 heterocycles. The average Bonchev–Trinajstić information content (AvgIpc) is 2.55. The molecule has 1 aliphatic heterocycles. The number of carbonyl (C=O) groups is 1. The second-order valence-corrected chi connectivity index (χ2v) is 5.80. The van der Waals surface area contributed by atoms with Gasteiger partial charge in [-0.05, 0) is 29.7 Å². The molecule has 1 aliphatic rings. The molecule has 0 spiro atoms. The van der Waals surface area contributed by atoms with Crippen LogP contribution in [0.3, 0.4) is 0 Å². The quantitative estimate of drug-likeness (QED) is 0.939. The van der Waals surface area contributed by atoms with Crippen LogP contribution in [0, 0.1) is 11.7 Å². The number of aliphatic hydroxyl groups is 1. The summed E-state index contributed by atoms with van der Waals surface area (Å²) in [6.45, 7) is 0.863. The molecule has 2 aromatic rings. The molecule has 118 valence electrons. The first-order valence-corrected chi connectivity index (χ1v) is 7.59. The summed E-state index contributed by atoms with van der Waals surface area (Å²) in [6.07, 6.45) is 1.97. The summed E-state index contributed by atoms with van der Waals surface area (Å²) in [7, 11) is 0. The van der Waals surface area contributed by atoms with Gasteiger partial charge in [0.25, 0.3) is 0 Å². The molecular weight excluding hydrogens is 293 g/mol. The number of nitrogens with zero attached hydrogens (tertiary/aromatic N) is 1. The Morgan fingerprint density at radius 2 is 1.74 bits per heavy atom. The van der Waals surface area contributed by atoms with E-state index in [2.05, 4.69) is 0 Å². The molecule has 0 saturated carbocycles. The van der Waals surface area contributed by atoms with E-state index in [-0.39, 0.29) is 23.4 Å².